The highest BCUT2D eigenvalue weighted by Crippen LogP contribution is 2.39. The van der Waals surface area contributed by atoms with Crippen LogP contribution in [-0.2, 0) is 0 Å². The fraction of sp³-hybridized carbons (Fsp3) is 0.579. The topological polar surface area (TPSA) is 32.3 Å². The summed E-state index contributed by atoms with van der Waals surface area (Å²) in [4.78, 5) is 14.1. The van der Waals surface area contributed by atoms with Crippen LogP contribution < -0.4 is 4.90 Å². The molecule has 1 saturated carbocycles. The molecule has 0 amide bonds. The Hall–Kier alpha value is -1.68. The molecule has 2 aromatic rings. The Morgan fingerprint density at radius 3 is 2.57 bits per heavy atom. The van der Waals surface area contributed by atoms with E-state index in [1.165, 1.54) is 24.6 Å². The minimum absolute atomic E-state index is 0.532. The molecule has 4 rings (SSSR count). The van der Waals surface area contributed by atoms with Crippen LogP contribution in [0.5, 0.6) is 0 Å². The van der Waals surface area contributed by atoms with Crippen molar-refractivity contribution in [1.82, 2.24) is 14.9 Å². The molecule has 4 heteroatoms. The average molecular weight is 310 g/mol. The summed E-state index contributed by atoms with van der Waals surface area (Å²) in [6.45, 7) is 9.26. The summed E-state index contributed by atoms with van der Waals surface area (Å²) < 4.78 is 0. The van der Waals surface area contributed by atoms with Gasteiger partial charge in [-0.15, -0.1) is 0 Å². The molecule has 23 heavy (non-hydrogen) atoms. The zero-order valence-electron chi connectivity index (χ0n) is 14.2. The van der Waals surface area contributed by atoms with Gasteiger partial charge in [-0.25, -0.2) is 9.97 Å². The molecule has 2 fully saturated rings. The van der Waals surface area contributed by atoms with Gasteiger partial charge in [0.05, 0.1) is 5.52 Å². The minimum atomic E-state index is 0.532. The first-order valence-corrected chi connectivity index (χ1v) is 8.81. The first kappa shape index (κ1) is 14.9. The van der Waals surface area contributed by atoms with Crippen molar-refractivity contribution in [3.63, 3.8) is 0 Å². The molecular formula is C19H26N4. The van der Waals surface area contributed by atoms with Crippen molar-refractivity contribution < 1.29 is 0 Å². The van der Waals surface area contributed by atoms with Crippen molar-refractivity contribution in [3.05, 3.63) is 30.6 Å². The monoisotopic (exact) mass is 310 g/mol. The number of rotatable bonds is 2. The van der Waals surface area contributed by atoms with Gasteiger partial charge in [-0.05, 0) is 36.8 Å². The summed E-state index contributed by atoms with van der Waals surface area (Å²) in [5, 5.41) is 1.17. The average Bonchev–Trinajstić information content (AvgIpc) is 2.94. The smallest absolute Gasteiger partial charge is 0.139 e. The number of hydrogen-bond donors (Lipinski definition) is 0. The Labute approximate surface area is 138 Å². The van der Waals surface area contributed by atoms with Crippen LogP contribution >= 0.6 is 0 Å². The molecule has 4 nitrogen and oxygen atoms in total. The van der Waals surface area contributed by atoms with Gasteiger partial charge >= 0.3 is 0 Å². The molecule has 1 aliphatic heterocycles. The molecule has 122 valence electrons. The van der Waals surface area contributed by atoms with E-state index < -0.39 is 0 Å². The molecule has 1 unspecified atom stereocenters. The predicted molar refractivity (Wildman–Crippen MR) is 94.7 cm³/mol. The van der Waals surface area contributed by atoms with Gasteiger partial charge < -0.3 is 4.90 Å². The second-order valence-electron chi connectivity index (χ2n) is 7.80. The zero-order chi connectivity index (χ0) is 15.9. The first-order valence-electron chi connectivity index (χ1n) is 8.81. The second kappa shape index (κ2) is 5.75. The number of para-hydroxylation sites is 1. The summed E-state index contributed by atoms with van der Waals surface area (Å²) in [7, 11) is 0. The summed E-state index contributed by atoms with van der Waals surface area (Å²) in [6, 6.07) is 9.10. The second-order valence-corrected chi connectivity index (χ2v) is 7.80. The molecule has 1 aromatic carbocycles. The van der Waals surface area contributed by atoms with Gasteiger partial charge in [0, 0.05) is 37.6 Å². The van der Waals surface area contributed by atoms with Crippen molar-refractivity contribution >= 4 is 16.7 Å². The normalized spacial score (nSPS) is 25.1. The van der Waals surface area contributed by atoms with Gasteiger partial charge in [0.2, 0.25) is 0 Å². The lowest BCUT2D eigenvalue weighted by atomic mass is 9.91. The maximum absolute atomic E-state index is 4.57. The van der Waals surface area contributed by atoms with Gasteiger partial charge in [0.15, 0.2) is 0 Å². The molecule has 2 aliphatic rings. The van der Waals surface area contributed by atoms with Gasteiger partial charge in [0.1, 0.15) is 12.1 Å². The van der Waals surface area contributed by atoms with E-state index in [1.807, 2.05) is 6.07 Å². The minimum Gasteiger partial charge on any atom is -0.353 e. The van der Waals surface area contributed by atoms with Crippen LogP contribution in [0, 0.1) is 5.41 Å². The molecule has 0 radical (unpaired) electrons. The van der Waals surface area contributed by atoms with Crippen LogP contribution in [0.1, 0.15) is 33.1 Å². The van der Waals surface area contributed by atoms with Crippen molar-refractivity contribution in [2.24, 2.45) is 5.41 Å². The van der Waals surface area contributed by atoms with E-state index in [9.17, 15) is 0 Å². The number of piperazine rings is 1. The maximum Gasteiger partial charge on any atom is 0.139 e. The third-order valence-corrected chi connectivity index (χ3v) is 5.59. The SMILES string of the molecule is CC1(C)CCC(N2CCN(c3ncnc4ccccc34)CC2)C1. The van der Waals surface area contributed by atoms with Gasteiger partial charge in [0.25, 0.3) is 0 Å². The van der Waals surface area contributed by atoms with E-state index in [0.717, 1.165) is 43.6 Å². The number of hydrogen-bond acceptors (Lipinski definition) is 4. The van der Waals surface area contributed by atoms with Crippen LogP contribution in [0.3, 0.4) is 0 Å². The fourth-order valence-electron chi connectivity index (χ4n) is 4.25. The quantitative estimate of drug-likeness (QED) is 0.851. The van der Waals surface area contributed by atoms with E-state index in [-0.39, 0.29) is 0 Å². The van der Waals surface area contributed by atoms with Crippen molar-refractivity contribution in [2.75, 3.05) is 31.1 Å². The van der Waals surface area contributed by atoms with E-state index in [2.05, 4.69) is 51.8 Å². The molecule has 0 N–H and O–H groups in total. The highest BCUT2D eigenvalue weighted by Gasteiger charge is 2.35. The maximum atomic E-state index is 4.57. The lowest BCUT2D eigenvalue weighted by molar-refractivity contribution is 0.176. The Morgan fingerprint density at radius 2 is 1.83 bits per heavy atom. The molecule has 1 saturated heterocycles. The Kier molecular flexibility index (Phi) is 3.72. The largest absolute Gasteiger partial charge is 0.353 e. The molecule has 2 heterocycles. The number of anilines is 1. The molecule has 1 atom stereocenters. The Balaban J connectivity index is 1.47. The highest BCUT2D eigenvalue weighted by molar-refractivity contribution is 5.89. The molecular weight excluding hydrogens is 284 g/mol. The van der Waals surface area contributed by atoms with Crippen LogP contribution in [0.15, 0.2) is 30.6 Å². The third-order valence-electron chi connectivity index (χ3n) is 5.59. The lowest BCUT2D eigenvalue weighted by Gasteiger charge is -2.39. The van der Waals surface area contributed by atoms with Crippen LogP contribution in [0.2, 0.25) is 0 Å². The third kappa shape index (κ3) is 2.92. The van der Waals surface area contributed by atoms with Crippen molar-refractivity contribution in [3.8, 4) is 0 Å². The van der Waals surface area contributed by atoms with Crippen LogP contribution in [0.4, 0.5) is 5.82 Å². The van der Waals surface area contributed by atoms with Gasteiger partial charge in [-0.3, -0.25) is 4.90 Å². The predicted octanol–water partition coefficient (Wildman–Crippen LogP) is 3.33. The number of nitrogens with zero attached hydrogens (tertiary/aromatic N) is 4. The molecule has 0 bridgehead atoms. The van der Waals surface area contributed by atoms with E-state index in [1.54, 1.807) is 6.33 Å². The van der Waals surface area contributed by atoms with Crippen LogP contribution in [-0.4, -0.2) is 47.1 Å². The first-order chi connectivity index (χ1) is 11.1. The number of fused-ring (bicyclic) bond motifs is 1. The van der Waals surface area contributed by atoms with Crippen LogP contribution in [0.25, 0.3) is 10.9 Å². The van der Waals surface area contributed by atoms with Crippen molar-refractivity contribution in [2.45, 2.75) is 39.2 Å². The standard InChI is InChI=1S/C19H26N4/c1-19(2)8-7-15(13-19)22-9-11-23(12-10-22)18-16-5-3-4-6-17(16)20-14-21-18/h3-6,14-15H,7-13H2,1-2H3. The zero-order valence-corrected chi connectivity index (χ0v) is 14.2. The van der Waals surface area contributed by atoms with E-state index >= 15 is 0 Å². The lowest BCUT2D eigenvalue weighted by Crippen LogP contribution is -2.50. The van der Waals surface area contributed by atoms with Gasteiger partial charge in [-0.1, -0.05) is 26.0 Å². The highest BCUT2D eigenvalue weighted by atomic mass is 15.3. The molecule has 0 spiro atoms. The Bertz CT molecular complexity index is 683. The number of aromatic nitrogens is 2. The van der Waals surface area contributed by atoms with E-state index in [0.29, 0.717) is 5.41 Å². The summed E-state index contributed by atoms with van der Waals surface area (Å²) >= 11 is 0. The summed E-state index contributed by atoms with van der Waals surface area (Å²) in [6.07, 6.45) is 5.78. The van der Waals surface area contributed by atoms with E-state index in [4.69, 9.17) is 0 Å². The van der Waals surface area contributed by atoms with Crippen molar-refractivity contribution in [1.29, 1.82) is 0 Å². The van der Waals surface area contributed by atoms with Gasteiger partial charge in [-0.2, -0.15) is 0 Å². The fourth-order valence-corrected chi connectivity index (χ4v) is 4.25. The molecule has 1 aliphatic carbocycles. The molecule has 1 aromatic heterocycles. The summed E-state index contributed by atoms with van der Waals surface area (Å²) in [5.41, 5.74) is 1.57. The number of benzene rings is 1. The Morgan fingerprint density at radius 1 is 1.04 bits per heavy atom. The summed E-state index contributed by atoms with van der Waals surface area (Å²) in [5.74, 6) is 1.10.